The van der Waals surface area contributed by atoms with Gasteiger partial charge in [-0.25, -0.2) is 4.57 Å². The van der Waals surface area contributed by atoms with Gasteiger partial charge >= 0.3 is 4.96 Å². The zero-order chi connectivity index (χ0) is 15.8. The van der Waals surface area contributed by atoms with E-state index < -0.39 is 0 Å². The molecule has 0 aliphatic carbocycles. The van der Waals surface area contributed by atoms with Gasteiger partial charge in [0.2, 0.25) is 0 Å². The molecule has 2 aromatic heterocycles. The highest BCUT2D eigenvalue weighted by Gasteiger charge is 2.21. The van der Waals surface area contributed by atoms with Crippen LogP contribution in [0.15, 0.2) is 66.3 Å². The number of halogens is 1. The van der Waals surface area contributed by atoms with E-state index in [4.69, 9.17) is 0 Å². The first kappa shape index (κ1) is 16.7. The largest absolute Gasteiger partial charge is 1.00 e. The SMILES string of the molecule is Cc1ccc(-c2c[n+]3ccsc3n2Cc2ccccc2)c(C)c1.[Cl-]. The van der Waals surface area contributed by atoms with Crippen LogP contribution in [0.4, 0.5) is 0 Å². The molecule has 0 saturated heterocycles. The van der Waals surface area contributed by atoms with Crippen LogP contribution in [0.5, 0.6) is 0 Å². The van der Waals surface area contributed by atoms with Gasteiger partial charge in [0.1, 0.15) is 18.9 Å². The van der Waals surface area contributed by atoms with Crippen LogP contribution < -0.4 is 16.8 Å². The van der Waals surface area contributed by atoms with Crippen molar-refractivity contribution in [2.24, 2.45) is 0 Å². The molecule has 0 aliphatic rings. The smallest absolute Gasteiger partial charge is 0.346 e. The van der Waals surface area contributed by atoms with Gasteiger partial charge in [0.25, 0.3) is 0 Å². The van der Waals surface area contributed by atoms with E-state index in [-0.39, 0.29) is 12.4 Å². The van der Waals surface area contributed by atoms with E-state index in [2.05, 4.69) is 89.1 Å². The first-order chi connectivity index (χ1) is 11.2. The Morgan fingerprint density at radius 2 is 1.83 bits per heavy atom. The Kier molecular flexibility index (Phi) is 4.74. The molecular formula is C20H19ClN2S. The molecule has 4 rings (SSSR count). The van der Waals surface area contributed by atoms with Crippen LogP contribution >= 0.6 is 11.3 Å². The molecule has 0 radical (unpaired) electrons. The lowest BCUT2D eigenvalue weighted by Crippen LogP contribution is -3.00. The molecule has 4 aromatic rings. The van der Waals surface area contributed by atoms with E-state index in [1.165, 1.54) is 32.9 Å². The summed E-state index contributed by atoms with van der Waals surface area (Å²) in [6, 6.07) is 17.4. The van der Waals surface area contributed by atoms with Crippen molar-refractivity contribution in [3.8, 4) is 11.3 Å². The molecule has 0 unspecified atom stereocenters. The third-order valence-corrected chi connectivity index (χ3v) is 5.14. The Bertz CT molecular complexity index is 970. The Hall–Kier alpha value is -2.10. The van der Waals surface area contributed by atoms with Gasteiger partial charge in [0.05, 0.1) is 0 Å². The van der Waals surface area contributed by atoms with Crippen molar-refractivity contribution < 1.29 is 16.8 Å². The summed E-state index contributed by atoms with van der Waals surface area (Å²) in [6.07, 6.45) is 4.38. The predicted octanol–water partition coefficient (Wildman–Crippen LogP) is 1.62. The second-order valence-corrected chi connectivity index (χ2v) is 6.87. The molecule has 0 saturated carbocycles. The zero-order valence-corrected chi connectivity index (χ0v) is 15.3. The molecule has 122 valence electrons. The van der Waals surface area contributed by atoms with E-state index in [0.29, 0.717) is 0 Å². The van der Waals surface area contributed by atoms with Gasteiger partial charge in [-0.2, -0.15) is 4.40 Å². The van der Waals surface area contributed by atoms with Crippen LogP contribution in [-0.2, 0) is 6.54 Å². The van der Waals surface area contributed by atoms with Crippen LogP contribution in [0, 0.1) is 13.8 Å². The first-order valence-electron chi connectivity index (χ1n) is 7.82. The standard InChI is InChI=1S/C20H19N2S.ClH/c1-15-8-9-18(16(2)12-15)19-14-21-10-11-23-20(21)22(19)13-17-6-4-3-5-7-17;/h3-12,14H,13H2,1-2H3;1H/q+1;/p-1. The Morgan fingerprint density at radius 1 is 1.04 bits per heavy atom. The number of imidazole rings is 1. The molecule has 0 amide bonds. The fourth-order valence-electron chi connectivity index (χ4n) is 3.12. The van der Waals surface area contributed by atoms with E-state index in [0.717, 1.165) is 6.54 Å². The summed E-state index contributed by atoms with van der Waals surface area (Å²) in [5, 5.41) is 2.14. The molecule has 2 heterocycles. The summed E-state index contributed by atoms with van der Waals surface area (Å²) in [4.78, 5) is 1.27. The van der Waals surface area contributed by atoms with Crippen molar-refractivity contribution >= 4 is 16.3 Å². The normalized spacial score (nSPS) is 10.8. The van der Waals surface area contributed by atoms with Gasteiger partial charge in [-0.05, 0) is 25.0 Å². The van der Waals surface area contributed by atoms with E-state index in [1.54, 1.807) is 11.3 Å². The molecule has 0 bridgehead atoms. The van der Waals surface area contributed by atoms with Gasteiger partial charge in [0, 0.05) is 10.9 Å². The minimum atomic E-state index is 0. The number of thiazole rings is 1. The highest BCUT2D eigenvalue weighted by Crippen LogP contribution is 2.27. The summed E-state index contributed by atoms with van der Waals surface area (Å²) in [7, 11) is 0. The third kappa shape index (κ3) is 2.97. The van der Waals surface area contributed by atoms with Gasteiger partial charge in [-0.15, -0.1) is 0 Å². The number of nitrogens with zero attached hydrogens (tertiary/aromatic N) is 2. The summed E-state index contributed by atoms with van der Waals surface area (Å²) >= 11 is 1.78. The number of aromatic nitrogens is 2. The molecule has 2 aromatic carbocycles. The van der Waals surface area contributed by atoms with E-state index >= 15 is 0 Å². The quantitative estimate of drug-likeness (QED) is 0.495. The molecule has 0 N–H and O–H groups in total. The molecule has 0 spiro atoms. The highest BCUT2D eigenvalue weighted by molar-refractivity contribution is 7.14. The lowest BCUT2D eigenvalue weighted by atomic mass is 10.0. The van der Waals surface area contributed by atoms with Crippen molar-refractivity contribution in [3.63, 3.8) is 0 Å². The van der Waals surface area contributed by atoms with Crippen molar-refractivity contribution in [1.82, 2.24) is 4.57 Å². The summed E-state index contributed by atoms with van der Waals surface area (Å²) in [6.45, 7) is 5.23. The first-order valence-corrected chi connectivity index (χ1v) is 8.70. The fourth-order valence-corrected chi connectivity index (χ4v) is 3.96. The fraction of sp³-hybridized carbons (Fsp3) is 0.150. The average molecular weight is 355 g/mol. The molecule has 4 heteroatoms. The van der Waals surface area contributed by atoms with E-state index in [9.17, 15) is 0 Å². The maximum atomic E-state index is 2.41. The second-order valence-electron chi connectivity index (χ2n) is 6.00. The van der Waals surface area contributed by atoms with Gasteiger partial charge in [-0.3, -0.25) is 0 Å². The molecule has 0 aliphatic heterocycles. The van der Waals surface area contributed by atoms with Crippen molar-refractivity contribution in [3.05, 3.63) is 83.0 Å². The highest BCUT2D eigenvalue weighted by atomic mass is 35.5. The third-order valence-electron chi connectivity index (χ3n) is 4.24. The number of hydrogen-bond acceptors (Lipinski definition) is 1. The predicted molar refractivity (Wildman–Crippen MR) is 95.9 cm³/mol. The Morgan fingerprint density at radius 3 is 2.58 bits per heavy atom. The molecular weight excluding hydrogens is 336 g/mol. The van der Waals surface area contributed by atoms with Gasteiger partial charge in [-0.1, -0.05) is 65.4 Å². The number of aryl methyl sites for hydroxylation is 2. The second kappa shape index (κ2) is 6.80. The Balaban J connectivity index is 0.00000169. The van der Waals surface area contributed by atoms with E-state index in [1.807, 2.05) is 0 Å². The van der Waals surface area contributed by atoms with Gasteiger partial charge < -0.3 is 12.4 Å². The zero-order valence-electron chi connectivity index (χ0n) is 13.7. The minimum Gasteiger partial charge on any atom is -1.00 e. The molecule has 0 atom stereocenters. The molecule has 24 heavy (non-hydrogen) atoms. The molecule has 2 nitrogen and oxygen atoms in total. The summed E-state index contributed by atoms with van der Waals surface area (Å²) < 4.78 is 4.64. The van der Waals surface area contributed by atoms with Crippen LogP contribution in [0.3, 0.4) is 0 Å². The number of rotatable bonds is 3. The topological polar surface area (TPSA) is 9.03 Å². The summed E-state index contributed by atoms with van der Waals surface area (Å²) in [5.41, 5.74) is 6.54. The number of fused-ring (bicyclic) bond motifs is 1. The maximum Gasteiger partial charge on any atom is 0.346 e. The lowest BCUT2D eigenvalue weighted by molar-refractivity contribution is -0.505. The van der Waals surface area contributed by atoms with Crippen molar-refractivity contribution in [1.29, 1.82) is 0 Å². The summed E-state index contributed by atoms with van der Waals surface area (Å²) in [5.74, 6) is 0. The average Bonchev–Trinajstić information content (AvgIpc) is 3.11. The molecule has 0 fully saturated rings. The lowest BCUT2D eigenvalue weighted by Gasteiger charge is -2.06. The number of benzene rings is 2. The van der Waals surface area contributed by atoms with Gasteiger partial charge in [0.15, 0.2) is 5.69 Å². The van der Waals surface area contributed by atoms with Crippen LogP contribution in [0.1, 0.15) is 16.7 Å². The van der Waals surface area contributed by atoms with Crippen molar-refractivity contribution in [2.75, 3.05) is 0 Å². The van der Waals surface area contributed by atoms with Crippen LogP contribution in [-0.4, -0.2) is 4.57 Å². The monoisotopic (exact) mass is 354 g/mol. The number of hydrogen-bond donors (Lipinski definition) is 0. The maximum absolute atomic E-state index is 2.41. The van der Waals surface area contributed by atoms with Crippen LogP contribution in [0.2, 0.25) is 0 Å². The Labute approximate surface area is 152 Å². The van der Waals surface area contributed by atoms with Crippen LogP contribution in [0.25, 0.3) is 16.2 Å². The van der Waals surface area contributed by atoms with Crippen molar-refractivity contribution in [2.45, 2.75) is 20.4 Å². The minimum absolute atomic E-state index is 0.